The predicted octanol–water partition coefficient (Wildman–Crippen LogP) is -4.62. The smallest absolute Gasteiger partial charge is 0.543 e. The van der Waals surface area contributed by atoms with Gasteiger partial charge in [0.25, 0.3) is 11.8 Å². The second kappa shape index (κ2) is 14.7. The molecule has 3 saturated heterocycles. The summed E-state index contributed by atoms with van der Waals surface area (Å²) in [7, 11) is 0. The number of carboxylic acids is 1. The molecule has 0 bridgehead atoms. The molecule has 0 saturated carbocycles. The molecule has 4 aliphatic heterocycles. The van der Waals surface area contributed by atoms with Gasteiger partial charge in [-0.15, -0.1) is 11.8 Å². The van der Waals surface area contributed by atoms with Gasteiger partial charge in [0, 0.05) is 48.9 Å². The van der Waals surface area contributed by atoms with Crippen molar-refractivity contribution < 1.29 is 77.4 Å². The minimum atomic E-state index is -1.63. The van der Waals surface area contributed by atoms with Crippen molar-refractivity contribution >= 4 is 63.9 Å². The Hall–Kier alpha value is -4.18. The average Bonchev–Trinajstić information content (AvgIpc) is 3.86. The van der Waals surface area contributed by atoms with Crippen molar-refractivity contribution in [3.8, 4) is 0 Å². The number of β-lactam (4-membered cyclic amide) rings is 1. The molecule has 0 aromatic carbocycles. The summed E-state index contributed by atoms with van der Waals surface area (Å²) < 4.78 is 18.9. The van der Waals surface area contributed by atoms with E-state index in [0.717, 1.165) is 16.4 Å². The van der Waals surface area contributed by atoms with Crippen molar-refractivity contribution in [3.05, 3.63) is 50.9 Å². The van der Waals surface area contributed by atoms with Crippen molar-refractivity contribution in [3.63, 3.8) is 0 Å². The van der Waals surface area contributed by atoms with Crippen molar-refractivity contribution in [1.82, 2.24) is 29.4 Å². The number of nitrogens with one attached hydrogen (secondary N) is 1. The first-order valence-electron chi connectivity index (χ1n) is 14.6. The largest absolute Gasteiger partial charge is 1.00 e. The van der Waals surface area contributed by atoms with E-state index in [-0.39, 0.29) is 82.7 Å². The maximum absolute atomic E-state index is 13.4. The number of hydrogen-bond acceptors (Lipinski definition) is 17. The van der Waals surface area contributed by atoms with Gasteiger partial charge in [0.2, 0.25) is 17.4 Å². The van der Waals surface area contributed by atoms with Crippen LogP contribution in [0, 0.1) is 0 Å². The zero-order chi connectivity index (χ0) is 34.3. The second-order valence-electron chi connectivity index (χ2n) is 10.9. The van der Waals surface area contributed by atoms with Crippen LogP contribution in [-0.2, 0) is 36.9 Å². The Morgan fingerprint density at radius 1 is 1.22 bits per heavy atom. The molecule has 4 N–H and O–H groups in total. The number of likely N-dealkylation sites (tertiary alicyclic amines) is 2. The number of hydrogen-bond donors (Lipinski definition) is 3. The molecule has 49 heavy (non-hydrogen) atoms. The zero-order valence-electron chi connectivity index (χ0n) is 26.1. The zero-order valence-corrected chi connectivity index (χ0v) is 29.7. The third-order valence-electron chi connectivity index (χ3n) is 8.19. The van der Waals surface area contributed by atoms with Crippen LogP contribution in [0.3, 0.4) is 0 Å². The normalized spacial score (nSPS) is 23.0. The molecule has 6 rings (SSSR count). The second-order valence-corrected chi connectivity index (χ2v) is 12.8. The first kappa shape index (κ1) is 36.1. The molecule has 6 heterocycles. The minimum absolute atomic E-state index is 0. The number of rotatable bonds is 9. The van der Waals surface area contributed by atoms with E-state index in [2.05, 4.69) is 19.8 Å². The summed E-state index contributed by atoms with van der Waals surface area (Å²) in [5, 5.41) is 26.1. The van der Waals surface area contributed by atoms with E-state index in [1.807, 2.05) is 0 Å². The van der Waals surface area contributed by atoms with Crippen LogP contribution in [0.2, 0.25) is 0 Å². The summed E-state index contributed by atoms with van der Waals surface area (Å²) >= 11 is 1.94. The van der Waals surface area contributed by atoms with Gasteiger partial charge in [0.1, 0.15) is 11.4 Å². The number of thioether (sulfide) groups is 1. The molecule has 3 atom stereocenters. The topological polar surface area (TPSA) is 267 Å². The van der Waals surface area contributed by atoms with Gasteiger partial charge < -0.3 is 49.5 Å². The molecule has 0 radical (unpaired) electrons. The molecule has 2 aromatic heterocycles. The number of anilines is 1. The number of carbonyl (C=O) groups is 5. The molecule has 2 aromatic rings. The van der Waals surface area contributed by atoms with Gasteiger partial charge in [-0.1, -0.05) is 12.1 Å². The van der Waals surface area contributed by atoms with E-state index >= 15 is 0 Å². The Morgan fingerprint density at radius 2 is 1.98 bits per heavy atom. The van der Waals surface area contributed by atoms with Crippen molar-refractivity contribution in [2.75, 3.05) is 31.1 Å². The van der Waals surface area contributed by atoms with E-state index in [4.69, 9.17) is 19.3 Å². The number of nitrogen functional groups attached to an aromatic ring is 1. The molecular weight excluding hydrogens is 699 g/mol. The molecule has 2 unspecified atom stereocenters. The van der Waals surface area contributed by atoms with Gasteiger partial charge in [-0.3, -0.25) is 19.3 Å². The number of aliphatic carboxylic acids is 1. The van der Waals surface area contributed by atoms with Gasteiger partial charge in [-0.05, 0) is 24.5 Å². The number of allylic oxidation sites excluding steroid dienone is 1. The van der Waals surface area contributed by atoms with E-state index in [9.17, 15) is 39.1 Å². The number of ether oxygens (including phenoxy) is 1. The summed E-state index contributed by atoms with van der Waals surface area (Å²) in [6, 6.07) is -1.45. The number of fused-ring (bicyclic) bond motifs is 1. The van der Waals surface area contributed by atoms with Gasteiger partial charge in [0.05, 0.1) is 17.7 Å². The van der Waals surface area contributed by atoms with Crippen LogP contribution in [0.5, 0.6) is 0 Å². The van der Waals surface area contributed by atoms with Crippen LogP contribution < -0.4 is 51.5 Å². The summed E-state index contributed by atoms with van der Waals surface area (Å²) in [6.45, 7) is 2.36. The minimum Gasteiger partial charge on any atom is -0.543 e. The van der Waals surface area contributed by atoms with E-state index in [1.165, 1.54) is 22.7 Å². The predicted molar refractivity (Wildman–Crippen MR) is 161 cm³/mol. The molecule has 4 amide bonds. The molecule has 4 aliphatic rings. The van der Waals surface area contributed by atoms with Crippen LogP contribution in [0.15, 0.2) is 41.7 Å². The summed E-state index contributed by atoms with van der Waals surface area (Å²) in [5.74, 6) is -4.26. The molecule has 0 spiro atoms. The fraction of sp³-hybridized carbons (Fsp3) is 0.444. The number of oxime groups is 1. The van der Waals surface area contributed by atoms with Crippen LogP contribution in [0.4, 0.5) is 9.93 Å². The van der Waals surface area contributed by atoms with E-state index in [1.54, 1.807) is 11.8 Å². The van der Waals surface area contributed by atoms with Gasteiger partial charge in [0.15, 0.2) is 23.3 Å². The standard InChI is InChI=1S/C27H28N8O11S2.Na/c1-2-14-15(46-27(42)45-14)9-44-26(41)33-5-4-13(8-33)34-6-3-11(21(34)37)7-12-10-47-23-17(22(38)35(23)18(12)24(39)40)29-20(36)16(31-43)19-30-25(28)48-32-19;/h7,13,17,23,43H,2-6,8-10H2,1H3,(H,29,36)(H,39,40)(H2,28,30,32);/q;+1/p-1/b11-7+,31-16-;/t13?,17-,23?;/m1./s1. The Morgan fingerprint density at radius 3 is 2.65 bits per heavy atom. The van der Waals surface area contributed by atoms with E-state index < -0.39 is 52.5 Å². The maximum Gasteiger partial charge on any atom is 1.00 e. The molecule has 22 heteroatoms. The van der Waals surface area contributed by atoms with Crippen molar-refractivity contribution in [2.24, 2.45) is 5.16 Å². The number of carboxylic acid groups (broad SMARTS) is 1. The first-order valence-corrected chi connectivity index (χ1v) is 16.4. The number of aryl methyl sites for hydroxylation is 1. The number of carbonyl (C=O) groups excluding carboxylic acids is 5. The van der Waals surface area contributed by atoms with Gasteiger partial charge in [-0.25, -0.2) is 9.59 Å². The Bertz CT molecular complexity index is 1850. The molecular formula is C27H27N8NaO11S2. The Labute approximate surface area is 306 Å². The SMILES string of the molecule is CCc1oc(=O)oc1COC(=O)N1CCC(N2CC/C(=C\C3=C(C(=O)[O-])N4C(=O)[C@@H](NC(=O)/C(=N\O)c5nsc(N)n5)C4SC3)C2=O)C1.[Na+]. The summed E-state index contributed by atoms with van der Waals surface area (Å²) in [4.78, 5) is 83.3. The van der Waals surface area contributed by atoms with Crippen LogP contribution >= 0.6 is 23.3 Å². The summed E-state index contributed by atoms with van der Waals surface area (Å²) in [6.07, 6.45) is 2.00. The third-order valence-corrected chi connectivity index (χ3v) is 10.0. The van der Waals surface area contributed by atoms with Gasteiger partial charge in [-0.2, -0.15) is 9.36 Å². The molecule has 0 aliphatic carbocycles. The average molecular weight is 727 g/mol. The number of nitrogens with two attached hydrogens (primary N) is 1. The Balaban J connectivity index is 0.00000468. The number of aromatic nitrogens is 2. The maximum atomic E-state index is 13.4. The summed E-state index contributed by atoms with van der Waals surface area (Å²) in [5.41, 5.74) is 5.08. The Kier molecular flexibility index (Phi) is 10.9. The quantitative estimate of drug-likeness (QED) is 0.0548. The fourth-order valence-corrected chi connectivity index (χ4v) is 7.64. The molecule has 19 nitrogen and oxygen atoms in total. The van der Waals surface area contributed by atoms with Crippen molar-refractivity contribution in [2.45, 2.75) is 50.3 Å². The van der Waals surface area contributed by atoms with Crippen molar-refractivity contribution in [1.29, 1.82) is 0 Å². The first-order chi connectivity index (χ1) is 23.0. The number of amides is 4. The van der Waals surface area contributed by atoms with E-state index in [0.29, 0.717) is 43.7 Å². The monoisotopic (exact) mass is 726 g/mol. The van der Waals surface area contributed by atoms with Crippen LogP contribution in [-0.4, -0.2) is 108 Å². The van der Waals surface area contributed by atoms with Crippen LogP contribution in [0.1, 0.15) is 37.1 Å². The fourth-order valence-electron chi connectivity index (χ4n) is 5.90. The van der Waals surface area contributed by atoms with Gasteiger partial charge >= 0.3 is 41.5 Å². The van der Waals surface area contributed by atoms with Crippen LogP contribution in [0.25, 0.3) is 0 Å². The molecule has 3 fully saturated rings. The number of nitrogens with zero attached hydrogens (tertiary/aromatic N) is 6. The molecule has 254 valence electrons. The third kappa shape index (κ3) is 6.98.